The van der Waals surface area contributed by atoms with Crippen molar-refractivity contribution in [1.29, 1.82) is 0 Å². The number of fused-ring (bicyclic) bond motifs is 1. The number of halogens is 1. The molecule has 2 aromatic heterocycles. The number of hydrogen-bond donors (Lipinski definition) is 2. The van der Waals surface area contributed by atoms with Gasteiger partial charge in [0.15, 0.2) is 0 Å². The fourth-order valence-corrected chi connectivity index (χ4v) is 2.36. The molecule has 0 saturated heterocycles. The van der Waals surface area contributed by atoms with E-state index in [1.54, 1.807) is 6.07 Å². The van der Waals surface area contributed by atoms with Gasteiger partial charge in [0.2, 0.25) is 0 Å². The van der Waals surface area contributed by atoms with E-state index < -0.39 is 5.82 Å². The molecule has 1 aromatic carbocycles. The quantitative estimate of drug-likeness (QED) is 0.711. The fourth-order valence-electron chi connectivity index (χ4n) is 2.09. The van der Waals surface area contributed by atoms with Gasteiger partial charge in [-0.1, -0.05) is 18.2 Å². The van der Waals surface area contributed by atoms with Crippen LogP contribution in [0.1, 0.15) is 5.56 Å². The van der Waals surface area contributed by atoms with Gasteiger partial charge in [-0.15, -0.1) is 12.6 Å². The second-order valence-electron chi connectivity index (χ2n) is 4.36. The Balaban J connectivity index is 2.31. The minimum Gasteiger partial charge on any atom is -0.392 e. The van der Waals surface area contributed by atoms with Crippen LogP contribution in [0.2, 0.25) is 0 Å². The van der Waals surface area contributed by atoms with Gasteiger partial charge < -0.3 is 5.11 Å². The maximum absolute atomic E-state index is 13.3. The predicted octanol–water partition coefficient (Wildman–Crippen LogP) is 3.22. The van der Waals surface area contributed by atoms with Crippen molar-refractivity contribution in [2.24, 2.45) is 0 Å². The van der Waals surface area contributed by atoms with Crippen molar-refractivity contribution >= 4 is 23.7 Å². The Morgan fingerprint density at radius 3 is 2.70 bits per heavy atom. The van der Waals surface area contributed by atoms with Crippen LogP contribution in [0.3, 0.4) is 0 Å². The SMILES string of the molecule is OCc1cc2ncc(F)cc2nc1-c1ccccc1S. The highest BCUT2D eigenvalue weighted by Crippen LogP contribution is 2.29. The average molecular weight is 286 g/mol. The van der Waals surface area contributed by atoms with E-state index in [2.05, 4.69) is 22.6 Å². The number of benzene rings is 1. The van der Waals surface area contributed by atoms with E-state index in [0.29, 0.717) is 22.3 Å². The van der Waals surface area contributed by atoms with Crippen molar-refractivity contribution in [1.82, 2.24) is 9.97 Å². The van der Waals surface area contributed by atoms with Crippen LogP contribution in [0.25, 0.3) is 22.3 Å². The summed E-state index contributed by atoms with van der Waals surface area (Å²) in [4.78, 5) is 9.15. The molecule has 3 nitrogen and oxygen atoms in total. The molecule has 3 rings (SSSR count). The molecule has 0 aliphatic rings. The van der Waals surface area contributed by atoms with Crippen molar-refractivity contribution in [3.05, 3.63) is 54.0 Å². The largest absolute Gasteiger partial charge is 0.392 e. The Kier molecular flexibility index (Phi) is 3.38. The molecule has 0 radical (unpaired) electrons. The number of aliphatic hydroxyl groups excluding tert-OH is 1. The van der Waals surface area contributed by atoms with Gasteiger partial charge in [0, 0.05) is 22.1 Å². The molecule has 0 fully saturated rings. The first-order valence-corrected chi connectivity index (χ1v) is 6.48. The van der Waals surface area contributed by atoms with E-state index >= 15 is 0 Å². The van der Waals surface area contributed by atoms with Gasteiger partial charge in [0.05, 0.1) is 29.5 Å². The highest BCUT2D eigenvalue weighted by atomic mass is 32.1. The lowest BCUT2D eigenvalue weighted by atomic mass is 10.1. The molecular formula is C15H11FN2OS. The molecular weight excluding hydrogens is 275 g/mol. The fraction of sp³-hybridized carbons (Fsp3) is 0.0667. The molecule has 1 N–H and O–H groups in total. The van der Waals surface area contributed by atoms with Crippen LogP contribution in [0.4, 0.5) is 4.39 Å². The zero-order chi connectivity index (χ0) is 14.1. The summed E-state index contributed by atoms with van der Waals surface area (Å²) < 4.78 is 13.3. The molecule has 0 saturated carbocycles. The van der Waals surface area contributed by atoms with Gasteiger partial charge >= 0.3 is 0 Å². The zero-order valence-corrected chi connectivity index (χ0v) is 11.3. The van der Waals surface area contributed by atoms with E-state index in [1.165, 1.54) is 6.07 Å². The molecule has 0 unspecified atom stereocenters. The minimum absolute atomic E-state index is 0.167. The smallest absolute Gasteiger partial charge is 0.143 e. The van der Waals surface area contributed by atoms with E-state index in [-0.39, 0.29) is 6.61 Å². The average Bonchev–Trinajstić information content (AvgIpc) is 2.46. The standard InChI is InChI=1S/C15H11FN2OS/c16-10-6-13-12(17-7-10)5-9(8-19)15(18-13)11-3-1-2-4-14(11)20/h1-7,19-20H,8H2. The summed E-state index contributed by atoms with van der Waals surface area (Å²) in [5.41, 5.74) is 3.03. The first-order chi connectivity index (χ1) is 9.69. The molecule has 0 bridgehead atoms. The molecule has 0 spiro atoms. The monoisotopic (exact) mass is 286 g/mol. The molecule has 0 aliphatic carbocycles. The van der Waals surface area contributed by atoms with Crippen molar-refractivity contribution in [3.8, 4) is 11.3 Å². The third-order valence-corrected chi connectivity index (χ3v) is 3.43. The van der Waals surface area contributed by atoms with E-state index in [4.69, 9.17) is 0 Å². The summed E-state index contributed by atoms with van der Waals surface area (Å²) in [6, 6.07) is 10.5. The molecule has 100 valence electrons. The maximum atomic E-state index is 13.3. The summed E-state index contributed by atoms with van der Waals surface area (Å²) in [7, 11) is 0. The molecule has 0 amide bonds. The van der Waals surface area contributed by atoms with E-state index in [1.807, 2.05) is 24.3 Å². The van der Waals surface area contributed by atoms with Gasteiger partial charge in [0.25, 0.3) is 0 Å². The lowest BCUT2D eigenvalue weighted by Gasteiger charge is -2.10. The van der Waals surface area contributed by atoms with Crippen molar-refractivity contribution < 1.29 is 9.50 Å². The second kappa shape index (κ2) is 5.19. The number of rotatable bonds is 2. The lowest BCUT2D eigenvalue weighted by molar-refractivity contribution is 0.282. The van der Waals surface area contributed by atoms with Gasteiger partial charge in [-0.05, 0) is 12.1 Å². The van der Waals surface area contributed by atoms with Crippen LogP contribution >= 0.6 is 12.6 Å². The Labute approximate surface area is 120 Å². The summed E-state index contributed by atoms with van der Waals surface area (Å²) in [6.07, 6.45) is 1.14. The Bertz CT molecular complexity index is 792. The Morgan fingerprint density at radius 1 is 1.15 bits per heavy atom. The van der Waals surface area contributed by atoms with Crippen LogP contribution < -0.4 is 0 Å². The van der Waals surface area contributed by atoms with Crippen molar-refractivity contribution in [2.45, 2.75) is 11.5 Å². The molecule has 2 heterocycles. The van der Waals surface area contributed by atoms with Gasteiger partial charge in [0.1, 0.15) is 5.82 Å². The number of pyridine rings is 2. The third kappa shape index (κ3) is 2.26. The molecule has 20 heavy (non-hydrogen) atoms. The molecule has 0 aliphatic heterocycles. The summed E-state index contributed by atoms with van der Waals surface area (Å²) in [6.45, 7) is -0.167. The molecule has 3 aromatic rings. The summed E-state index contributed by atoms with van der Waals surface area (Å²) >= 11 is 4.40. The topological polar surface area (TPSA) is 46.0 Å². The summed E-state index contributed by atoms with van der Waals surface area (Å²) in [5.74, 6) is -0.438. The van der Waals surface area contributed by atoms with Crippen LogP contribution in [0.15, 0.2) is 47.5 Å². The number of thiol groups is 1. The number of aromatic nitrogens is 2. The molecule has 5 heteroatoms. The Hall–Kier alpha value is -1.98. The lowest BCUT2D eigenvalue weighted by Crippen LogP contribution is -1.97. The summed E-state index contributed by atoms with van der Waals surface area (Å²) in [5, 5.41) is 9.52. The van der Waals surface area contributed by atoms with Crippen molar-refractivity contribution in [2.75, 3.05) is 0 Å². The first kappa shape index (κ1) is 13.0. The van der Waals surface area contributed by atoms with Crippen LogP contribution in [0.5, 0.6) is 0 Å². The number of hydrogen-bond acceptors (Lipinski definition) is 4. The second-order valence-corrected chi connectivity index (χ2v) is 4.84. The van der Waals surface area contributed by atoms with Crippen LogP contribution in [-0.2, 0) is 6.61 Å². The van der Waals surface area contributed by atoms with Gasteiger partial charge in [-0.2, -0.15) is 0 Å². The molecule has 0 atom stereocenters. The predicted molar refractivity (Wildman–Crippen MR) is 78.1 cm³/mol. The van der Waals surface area contributed by atoms with E-state index in [9.17, 15) is 9.50 Å². The Morgan fingerprint density at radius 2 is 1.95 bits per heavy atom. The third-order valence-electron chi connectivity index (χ3n) is 3.04. The highest BCUT2D eigenvalue weighted by Gasteiger charge is 2.12. The minimum atomic E-state index is -0.438. The van der Waals surface area contributed by atoms with Crippen LogP contribution in [-0.4, -0.2) is 15.1 Å². The highest BCUT2D eigenvalue weighted by molar-refractivity contribution is 7.80. The van der Waals surface area contributed by atoms with Gasteiger partial charge in [-0.25, -0.2) is 9.37 Å². The van der Waals surface area contributed by atoms with Crippen LogP contribution in [0, 0.1) is 5.82 Å². The normalized spacial score (nSPS) is 10.9. The number of aliphatic hydroxyl groups is 1. The zero-order valence-electron chi connectivity index (χ0n) is 10.4. The maximum Gasteiger partial charge on any atom is 0.143 e. The van der Waals surface area contributed by atoms with Gasteiger partial charge in [-0.3, -0.25) is 4.98 Å². The first-order valence-electron chi connectivity index (χ1n) is 6.03. The van der Waals surface area contributed by atoms with E-state index in [0.717, 1.165) is 16.7 Å². The van der Waals surface area contributed by atoms with Crippen molar-refractivity contribution in [3.63, 3.8) is 0 Å². The number of nitrogens with zero attached hydrogens (tertiary/aromatic N) is 2.